The molecule has 0 radical (unpaired) electrons. The van der Waals surface area contributed by atoms with Crippen molar-refractivity contribution in [1.82, 2.24) is 4.90 Å². The molecule has 4 heteroatoms. The minimum absolute atomic E-state index is 0.0636. The van der Waals surface area contributed by atoms with Crippen LogP contribution in [0.3, 0.4) is 0 Å². The summed E-state index contributed by atoms with van der Waals surface area (Å²) in [6.07, 6.45) is 2.10. The Morgan fingerprint density at radius 1 is 0.926 bits per heavy atom. The lowest BCUT2D eigenvalue weighted by atomic mass is 9.80. The molecule has 0 amide bonds. The van der Waals surface area contributed by atoms with Crippen LogP contribution < -0.4 is 9.64 Å². The van der Waals surface area contributed by atoms with Gasteiger partial charge in [0.05, 0.1) is 12.1 Å². The van der Waals surface area contributed by atoms with Crippen LogP contribution in [-0.4, -0.2) is 50.9 Å². The Morgan fingerprint density at radius 2 is 1.67 bits per heavy atom. The summed E-state index contributed by atoms with van der Waals surface area (Å²) in [5.74, 6) is 0.976. The van der Waals surface area contributed by atoms with Crippen LogP contribution in [0, 0.1) is 0 Å². The number of hydrogen-bond donors (Lipinski definition) is 0. The lowest BCUT2D eigenvalue weighted by Gasteiger charge is -2.50. The molecule has 0 atom stereocenters. The molecule has 2 heterocycles. The first kappa shape index (κ1) is 18.3. The molecule has 2 aliphatic heterocycles. The third-order valence-corrected chi connectivity index (χ3v) is 6.01. The van der Waals surface area contributed by atoms with Gasteiger partial charge in [0.25, 0.3) is 0 Å². The van der Waals surface area contributed by atoms with Gasteiger partial charge in [-0.3, -0.25) is 4.90 Å². The van der Waals surface area contributed by atoms with E-state index in [0.29, 0.717) is 6.61 Å². The van der Waals surface area contributed by atoms with Crippen LogP contribution in [0.5, 0.6) is 5.75 Å². The first-order valence-corrected chi connectivity index (χ1v) is 10.2. The second kappa shape index (κ2) is 8.32. The minimum Gasteiger partial charge on any atom is -0.494 e. The molecule has 0 unspecified atom stereocenters. The fraction of sp³-hybridized carbons (Fsp3) is 0.478. The third-order valence-electron chi connectivity index (χ3n) is 6.01. The SMILES string of the molecule is CCOc1cccc(C2(N3CCN(c4ccccc4)CC3)CCOCC2)c1. The molecule has 144 valence electrons. The number of anilines is 1. The van der Waals surface area contributed by atoms with Gasteiger partial charge in [-0.25, -0.2) is 0 Å². The maximum Gasteiger partial charge on any atom is 0.119 e. The predicted octanol–water partition coefficient (Wildman–Crippen LogP) is 3.91. The van der Waals surface area contributed by atoms with Crippen molar-refractivity contribution in [2.24, 2.45) is 0 Å². The molecule has 4 nitrogen and oxygen atoms in total. The van der Waals surface area contributed by atoms with Gasteiger partial charge in [-0.05, 0) is 49.6 Å². The number of ether oxygens (including phenoxy) is 2. The minimum atomic E-state index is 0.0636. The van der Waals surface area contributed by atoms with Crippen molar-refractivity contribution in [1.29, 1.82) is 0 Å². The Bertz CT molecular complexity index is 720. The van der Waals surface area contributed by atoms with E-state index in [1.54, 1.807) is 0 Å². The fourth-order valence-electron chi connectivity index (χ4n) is 4.57. The van der Waals surface area contributed by atoms with E-state index in [1.807, 2.05) is 6.92 Å². The van der Waals surface area contributed by atoms with Gasteiger partial charge in [0.15, 0.2) is 0 Å². The molecule has 0 aliphatic carbocycles. The summed E-state index contributed by atoms with van der Waals surface area (Å²) in [6, 6.07) is 19.5. The van der Waals surface area contributed by atoms with E-state index in [4.69, 9.17) is 9.47 Å². The van der Waals surface area contributed by atoms with Crippen LogP contribution >= 0.6 is 0 Å². The molecule has 2 saturated heterocycles. The van der Waals surface area contributed by atoms with E-state index >= 15 is 0 Å². The van der Waals surface area contributed by atoms with E-state index in [0.717, 1.165) is 58.0 Å². The number of hydrogen-bond acceptors (Lipinski definition) is 4. The number of rotatable bonds is 5. The molecular weight excluding hydrogens is 336 g/mol. The molecule has 2 aliphatic rings. The standard InChI is InChI=1S/C23H30N2O2/c1-2-27-22-10-6-7-20(19-22)23(11-17-26-18-12-23)25-15-13-24(14-16-25)21-8-4-3-5-9-21/h3-10,19H,2,11-18H2,1H3. The Morgan fingerprint density at radius 3 is 2.37 bits per heavy atom. The highest BCUT2D eigenvalue weighted by Crippen LogP contribution is 2.40. The Kier molecular flexibility index (Phi) is 5.65. The topological polar surface area (TPSA) is 24.9 Å². The van der Waals surface area contributed by atoms with Crippen LogP contribution in [0.4, 0.5) is 5.69 Å². The summed E-state index contributed by atoms with van der Waals surface area (Å²) in [5, 5.41) is 0. The van der Waals surface area contributed by atoms with E-state index in [9.17, 15) is 0 Å². The largest absolute Gasteiger partial charge is 0.494 e. The molecule has 2 aromatic carbocycles. The van der Waals surface area contributed by atoms with Gasteiger partial charge in [0.2, 0.25) is 0 Å². The van der Waals surface area contributed by atoms with Crippen molar-refractivity contribution in [3.05, 3.63) is 60.2 Å². The quantitative estimate of drug-likeness (QED) is 0.801. The molecule has 2 aromatic rings. The zero-order chi connectivity index (χ0) is 18.5. The van der Waals surface area contributed by atoms with E-state index in [1.165, 1.54) is 11.3 Å². The monoisotopic (exact) mass is 366 g/mol. The lowest BCUT2D eigenvalue weighted by molar-refractivity contribution is -0.0350. The molecule has 0 bridgehead atoms. The summed E-state index contributed by atoms with van der Waals surface area (Å²) < 4.78 is 11.5. The van der Waals surface area contributed by atoms with E-state index in [2.05, 4.69) is 64.4 Å². The van der Waals surface area contributed by atoms with Crippen LogP contribution in [0.25, 0.3) is 0 Å². The highest BCUT2D eigenvalue weighted by molar-refractivity contribution is 5.46. The molecule has 0 saturated carbocycles. The molecule has 4 rings (SSSR count). The Hall–Kier alpha value is -2.04. The summed E-state index contributed by atoms with van der Waals surface area (Å²) in [7, 11) is 0. The highest BCUT2D eigenvalue weighted by atomic mass is 16.5. The predicted molar refractivity (Wildman–Crippen MR) is 110 cm³/mol. The van der Waals surface area contributed by atoms with Crippen molar-refractivity contribution >= 4 is 5.69 Å². The summed E-state index contributed by atoms with van der Waals surface area (Å²) in [6.45, 7) is 8.70. The zero-order valence-electron chi connectivity index (χ0n) is 16.3. The number of benzene rings is 2. The van der Waals surface area contributed by atoms with Crippen molar-refractivity contribution in [3.8, 4) is 5.75 Å². The summed E-state index contributed by atoms with van der Waals surface area (Å²) >= 11 is 0. The van der Waals surface area contributed by atoms with Crippen LogP contribution in [0.1, 0.15) is 25.3 Å². The van der Waals surface area contributed by atoms with E-state index < -0.39 is 0 Å². The average molecular weight is 367 g/mol. The highest BCUT2D eigenvalue weighted by Gasteiger charge is 2.41. The normalized spacial score (nSPS) is 20.4. The van der Waals surface area contributed by atoms with Gasteiger partial charge in [-0.2, -0.15) is 0 Å². The third kappa shape index (κ3) is 3.83. The maximum atomic E-state index is 5.79. The molecule has 0 aromatic heterocycles. The number of piperazine rings is 1. The second-order valence-corrected chi connectivity index (χ2v) is 7.41. The van der Waals surface area contributed by atoms with Gasteiger partial charge < -0.3 is 14.4 Å². The Balaban J connectivity index is 1.55. The molecule has 0 N–H and O–H groups in total. The van der Waals surface area contributed by atoms with Crippen LogP contribution in [0.15, 0.2) is 54.6 Å². The van der Waals surface area contributed by atoms with Gasteiger partial charge in [0, 0.05) is 45.1 Å². The first-order valence-electron chi connectivity index (χ1n) is 10.2. The van der Waals surface area contributed by atoms with Crippen molar-refractivity contribution in [2.45, 2.75) is 25.3 Å². The second-order valence-electron chi connectivity index (χ2n) is 7.41. The van der Waals surface area contributed by atoms with Gasteiger partial charge >= 0.3 is 0 Å². The van der Waals surface area contributed by atoms with Crippen LogP contribution in [0.2, 0.25) is 0 Å². The molecule has 2 fully saturated rings. The summed E-state index contributed by atoms with van der Waals surface area (Å²) in [4.78, 5) is 5.19. The van der Waals surface area contributed by atoms with Crippen molar-refractivity contribution in [2.75, 3.05) is 50.9 Å². The number of nitrogens with zero attached hydrogens (tertiary/aromatic N) is 2. The van der Waals surface area contributed by atoms with Crippen molar-refractivity contribution < 1.29 is 9.47 Å². The lowest BCUT2D eigenvalue weighted by Crippen LogP contribution is -2.57. The molecule has 0 spiro atoms. The van der Waals surface area contributed by atoms with Gasteiger partial charge in [-0.15, -0.1) is 0 Å². The van der Waals surface area contributed by atoms with Gasteiger partial charge in [0.1, 0.15) is 5.75 Å². The van der Waals surface area contributed by atoms with E-state index in [-0.39, 0.29) is 5.54 Å². The zero-order valence-corrected chi connectivity index (χ0v) is 16.3. The van der Waals surface area contributed by atoms with Crippen LogP contribution in [-0.2, 0) is 10.3 Å². The van der Waals surface area contributed by atoms with Gasteiger partial charge in [-0.1, -0.05) is 30.3 Å². The smallest absolute Gasteiger partial charge is 0.119 e. The number of para-hydroxylation sites is 1. The first-order chi connectivity index (χ1) is 13.3. The average Bonchev–Trinajstić information content (AvgIpc) is 2.75. The van der Waals surface area contributed by atoms with Crippen molar-refractivity contribution in [3.63, 3.8) is 0 Å². The fourth-order valence-corrected chi connectivity index (χ4v) is 4.57. The Labute approximate surface area is 162 Å². The maximum absolute atomic E-state index is 5.79. The molecule has 27 heavy (non-hydrogen) atoms. The molecular formula is C23H30N2O2. The summed E-state index contributed by atoms with van der Waals surface area (Å²) in [5.41, 5.74) is 2.77.